The number of benzene rings is 1. The summed E-state index contributed by atoms with van der Waals surface area (Å²) in [6.45, 7) is 8.54. The minimum atomic E-state index is -0.759. The molecule has 1 aliphatic heterocycles. The molecule has 0 unspecified atom stereocenters. The van der Waals surface area contributed by atoms with Crippen LogP contribution in [-0.2, 0) is 17.6 Å². The van der Waals surface area contributed by atoms with Gasteiger partial charge in [0.25, 0.3) is 0 Å². The quantitative estimate of drug-likeness (QED) is 0.407. The Morgan fingerprint density at radius 1 is 1.15 bits per heavy atom. The lowest BCUT2D eigenvalue weighted by Crippen LogP contribution is -2.52. The molecule has 1 aromatic carbocycles. The fourth-order valence-corrected chi connectivity index (χ4v) is 5.83. The fraction of sp³-hybridized carbons (Fsp3) is 0.625. The third-order valence-electron chi connectivity index (χ3n) is 8.04. The number of aromatic nitrogens is 1. The van der Waals surface area contributed by atoms with E-state index in [0.29, 0.717) is 13.0 Å². The summed E-state index contributed by atoms with van der Waals surface area (Å²) in [5.74, 6) is 1.58. The average Bonchev–Trinajstić information content (AvgIpc) is 2.84. The summed E-state index contributed by atoms with van der Waals surface area (Å²) >= 11 is 0. The first kappa shape index (κ1) is 30.1. The van der Waals surface area contributed by atoms with Crippen molar-refractivity contribution >= 4 is 17.4 Å². The van der Waals surface area contributed by atoms with Crippen LogP contribution < -0.4 is 25.2 Å². The van der Waals surface area contributed by atoms with Crippen LogP contribution in [0.5, 0.6) is 5.75 Å². The van der Waals surface area contributed by atoms with Gasteiger partial charge in [0.05, 0.1) is 12.1 Å². The molecule has 1 fully saturated rings. The molecule has 1 saturated carbocycles. The lowest BCUT2D eigenvalue weighted by Gasteiger charge is -2.49. The van der Waals surface area contributed by atoms with Crippen molar-refractivity contribution in [1.82, 2.24) is 15.6 Å². The number of aliphatic hydroxyl groups excluding tert-OH is 1. The first-order chi connectivity index (χ1) is 18.7. The normalized spacial score (nSPS) is 19.2. The molecule has 1 spiro atoms. The predicted octanol–water partition coefficient (Wildman–Crippen LogP) is 4.25. The molecule has 220 valence electrons. The summed E-state index contributed by atoms with van der Waals surface area (Å²) in [6, 6.07) is 10.1. The number of pyridine rings is 1. The molecule has 0 saturated heterocycles. The smallest absolute Gasteiger partial charge is 0.217 e. The number of nitrogens with one attached hydrogen (secondary N) is 2. The number of hydrogen-bond donors (Lipinski definition) is 3. The average molecular weight is 552 g/mol. The summed E-state index contributed by atoms with van der Waals surface area (Å²) in [6.07, 6.45) is 4.73. The van der Waals surface area contributed by atoms with Gasteiger partial charge in [-0.1, -0.05) is 32.9 Å². The number of aliphatic hydroxyl groups is 1. The van der Waals surface area contributed by atoms with E-state index in [1.54, 1.807) is 0 Å². The minimum absolute atomic E-state index is 0.0245. The summed E-state index contributed by atoms with van der Waals surface area (Å²) < 4.78 is 6.71. The largest absolute Gasteiger partial charge is 0.483 e. The van der Waals surface area contributed by atoms with Crippen molar-refractivity contribution in [3.05, 3.63) is 47.2 Å². The number of anilines is 2. The van der Waals surface area contributed by atoms with Crippen LogP contribution in [0.4, 0.5) is 11.5 Å². The van der Waals surface area contributed by atoms with Crippen molar-refractivity contribution in [2.24, 2.45) is 5.41 Å². The Kier molecular flexibility index (Phi) is 9.00. The highest BCUT2D eigenvalue weighted by molar-refractivity contribution is 5.73. The van der Waals surface area contributed by atoms with E-state index < -0.39 is 12.1 Å². The van der Waals surface area contributed by atoms with Crippen LogP contribution in [0.15, 0.2) is 30.3 Å². The van der Waals surface area contributed by atoms with E-state index in [2.05, 4.69) is 66.6 Å². The fourth-order valence-electron chi connectivity index (χ4n) is 5.83. The zero-order valence-electron chi connectivity index (χ0n) is 25.7. The van der Waals surface area contributed by atoms with E-state index in [-0.39, 0.29) is 23.0 Å². The van der Waals surface area contributed by atoms with Crippen molar-refractivity contribution in [2.45, 2.75) is 90.0 Å². The number of rotatable bonds is 10. The van der Waals surface area contributed by atoms with Gasteiger partial charge in [0, 0.05) is 71.1 Å². The number of ether oxygens (including phenoxy) is 1. The highest BCUT2D eigenvalue weighted by atomic mass is 16.5. The molecule has 0 bridgehead atoms. The van der Waals surface area contributed by atoms with E-state index in [1.165, 1.54) is 6.92 Å². The number of amides is 1. The molecular weight excluding hydrogens is 502 g/mol. The third-order valence-corrected chi connectivity index (χ3v) is 8.04. The summed E-state index contributed by atoms with van der Waals surface area (Å²) in [5, 5.41) is 18.0. The lowest BCUT2D eigenvalue weighted by atomic mass is 9.72. The van der Waals surface area contributed by atoms with Gasteiger partial charge in [-0.25, -0.2) is 4.98 Å². The molecule has 40 heavy (non-hydrogen) atoms. The van der Waals surface area contributed by atoms with E-state index in [9.17, 15) is 9.90 Å². The topological polar surface area (TPSA) is 90.0 Å². The highest BCUT2D eigenvalue weighted by Gasteiger charge is 2.47. The van der Waals surface area contributed by atoms with Gasteiger partial charge in [0.15, 0.2) is 11.6 Å². The van der Waals surface area contributed by atoms with Crippen LogP contribution in [0.1, 0.15) is 76.2 Å². The van der Waals surface area contributed by atoms with Gasteiger partial charge < -0.3 is 30.3 Å². The van der Waals surface area contributed by atoms with E-state index in [1.807, 2.05) is 33.1 Å². The molecule has 8 heteroatoms. The summed E-state index contributed by atoms with van der Waals surface area (Å²) in [4.78, 5) is 21.2. The van der Waals surface area contributed by atoms with E-state index in [0.717, 1.165) is 66.2 Å². The van der Waals surface area contributed by atoms with E-state index in [4.69, 9.17) is 9.72 Å². The van der Waals surface area contributed by atoms with Crippen molar-refractivity contribution in [3.63, 3.8) is 0 Å². The minimum Gasteiger partial charge on any atom is -0.483 e. The molecule has 4 rings (SSSR count). The molecule has 3 N–H and O–H groups in total. The molecular formula is C32H49N5O3. The second kappa shape index (κ2) is 12.0. The number of nitrogens with zero attached hydrogens (tertiary/aromatic N) is 3. The molecule has 0 radical (unpaired) electrons. The van der Waals surface area contributed by atoms with Crippen LogP contribution in [0.2, 0.25) is 0 Å². The second-order valence-electron chi connectivity index (χ2n) is 13.4. The molecule has 1 amide bonds. The number of fused-ring (bicyclic) bond motifs is 1. The van der Waals surface area contributed by atoms with Crippen LogP contribution >= 0.6 is 0 Å². The van der Waals surface area contributed by atoms with Gasteiger partial charge in [-0.15, -0.1) is 0 Å². The van der Waals surface area contributed by atoms with Crippen molar-refractivity contribution in [1.29, 1.82) is 0 Å². The van der Waals surface area contributed by atoms with Gasteiger partial charge in [-0.2, -0.15) is 0 Å². The zero-order chi connectivity index (χ0) is 29.2. The van der Waals surface area contributed by atoms with Crippen LogP contribution in [0.25, 0.3) is 0 Å². The SMILES string of the molecule is CC(=O)N[C@@H](Cc1ccc(N(C)C)cc1)[C@@H](O)CN[C@H]1CC2(CCC2)Oc2c1cc(CC(C)(C)C)nc2N(C)C. The number of carbonyl (C=O) groups is 1. The maximum Gasteiger partial charge on any atom is 0.217 e. The molecule has 3 atom stereocenters. The van der Waals surface area contributed by atoms with Gasteiger partial charge in [0.2, 0.25) is 5.91 Å². The molecule has 1 aromatic heterocycles. The molecule has 2 heterocycles. The number of hydrogen-bond acceptors (Lipinski definition) is 7. The van der Waals surface area contributed by atoms with Gasteiger partial charge in [-0.05, 0) is 61.3 Å². The standard InChI is InChI=1S/C32H49N5O3/c1-21(38)34-26(16-22-10-12-24(13-11-22)36(5)6)28(39)20-33-27-19-32(14-9-15-32)40-29-25(27)17-23(18-31(2,3)4)35-30(29)37(7)8/h10-13,17,26-28,33,39H,9,14-16,18-20H2,1-8H3,(H,34,38)/t26-,27-,28-/m0/s1. The highest BCUT2D eigenvalue weighted by Crippen LogP contribution is 2.51. The van der Waals surface area contributed by atoms with Crippen LogP contribution in [-0.4, -0.2) is 68.5 Å². The van der Waals surface area contributed by atoms with Gasteiger partial charge in [0.1, 0.15) is 5.60 Å². The first-order valence-electron chi connectivity index (χ1n) is 14.6. The number of carbonyl (C=O) groups excluding carboxylic acids is 1. The summed E-state index contributed by atoms with van der Waals surface area (Å²) in [7, 11) is 8.06. The van der Waals surface area contributed by atoms with Crippen LogP contribution in [0, 0.1) is 5.41 Å². The Morgan fingerprint density at radius 2 is 1.82 bits per heavy atom. The van der Waals surface area contributed by atoms with Crippen LogP contribution in [0.3, 0.4) is 0 Å². The summed E-state index contributed by atoms with van der Waals surface area (Å²) in [5.41, 5.74) is 4.26. The van der Waals surface area contributed by atoms with Gasteiger partial charge in [-0.3, -0.25) is 4.79 Å². The molecule has 1 aliphatic carbocycles. The Labute approximate surface area is 240 Å². The molecule has 2 aromatic rings. The molecule has 2 aliphatic rings. The second-order valence-corrected chi connectivity index (χ2v) is 13.4. The maximum absolute atomic E-state index is 12.1. The Hall–Kier alpha value is -2.84. The van der Waals surface area contributed by atoms with Crippen molar-refractivity contribution < 1.29 is 14.6 Å². The monoisotopic (exact) mass is 551 g/mol. The van der Waals surface area contributed by atoms with Gasteiger partial charge >= 0.3 is 0 Å². The third kappa shape index (κ3) is 7.26. The zero-order valence-corrected chi connectivity index (χ0v) is 25.7. The first-order valence-corrected chi connectivity index (χ1v) is 14.6. The Balaban J connectivity index is 1.57. The maximum atomic E-state index is 12.1. The van der Waals surface area contributed by atoms with E-state index >= 15 is 0 Å². The van der Waals surface area contributed by atoms with Crippen molar-refractivity contribution in [3.8, 4) is 5.75 Å². The predicted molar refractivity (Wildman–Crippen MR) is 162 cm³/mol. The molecule has 8 nitrogen and oxygen atoms in total. The Bertz CT molecular complexity index is 1170. The van der Waals surface area contributed by atoms with Crippen molar-refractivity contribution in [2.75, 3.05) is 44.5 Å². The lowest BCUT2D eigenvalue weighted by molar-refractivity contribution is -0.120. The Morgan fingerprint density at radius 3 is 2.35 bits per heavy atom.